The highest BCUT2D eigenvalue weighted by molar-refractivity contribution is 6.30. The number of ether oxygens (including phenoxy) is 1. The van der Waals surface area contributed by atoms with E-state index in [9.17, 15) is 18.4 Å². The van der Waals surface area contributed by atoms with Crippen LogP contribution in [0.25, 0.3) is 0 Å². The summed E-state index contributed by atoms with van der Waals surface area (Å²) in [5, 5.41) is 21.4. The lowest BCUT2D eigenvalue weighted by molar-refractivity contribution is -0.154. The van der Waals surface area contributed by atoms with Gasteiger partial charge in [0.05, 0.1) is 11.6 Å². The maximum absolute atomic E-state index is 12.3. The molecule has 0 amide bonds. The SMILES string of the molecule is CC(c1ccc(OCC(F)(F)F)nc1)N1CCc2c(NCC#N)nc(Cl)c(C#N)c2C1. The van der Waals surface area contributed by atoms with Gasteiger partial charge in [0.2, 0.25) is 5.88 Å². The Bertz CT molecular complexity index is 1030. The molecule has 0 bridgehead atoms. The lowest BCUT2D eigenvalue weighted by Gasteiger charge is -2.35. The predicted molar refractivity (Wildman–Crippen MR) is 106 cm³/mol. The number of anilines is 1. The van der Waals surface area contributed by atoms with Crippen molar-refractivity contribution in [2.24, 2.45) is 0 Å². The molecule has 1 N–H and O–H groups in total. The Hall–Kier alpha value is -3.08. The minimum atomic E-state index is -4.43. The fraction of sp³-hybridized carbons (Fsp3) is 0.400. The number of pyridine rings is 2. The number of nitrogens with zero attached hydrogens (tertiary/aromatic N) is 5. The zero-order valence-electron chi connectivity index (χ0n) is 16.5. The van der Waals surface area contributed by atoms with Gasteiger partial charge in [0, 0.05) is 37.0 Å². The zero-order chi connectivity index (χ0) is 22.6. The predicted octanol–water partition coefficient (Wildman–Crippen LogP) is 4.00. The molecule has 11 heteroatoms. The van der Waals surface area contributed by atoms with Gasteiger partial charge in [-0.1, -0.05) is 17.7 Å². The second-order valence-corrected chi connectivity index (χ2v) is 7.29. The molecule has 1 unspecified atom stereocenters. The summed E-state index contributed by atoms with van der Waals surface area (Å²) in [5.41, 5.74) is 2.70. The maximum atomic E-state index is 12.3. The van der Waals surface area contributed by atoms with Crippen molar-refractivity contribution in [1.29, 1.82) is 10.5 Å². The number of nitriles is 2. The van der Waals surface area contributed by atoms with E-state index in [-0.39, 0.29) is 23.6 Å². The highest BCUT2D eigenvalue weighted by Gasteiger charge is 2.30. The minimum absolute atomic E-state index is 0.0657. The zero-order valence-corrected chi connectivity index (χ0v) is 17.3. The van der Waals surface area contributed by atoms with Crippen LogP contribution in [0.4, 0.5) is 19.0 Å². The third kappa shape index (κ3) is 5.35. The molecule has 0 saturated carbocycles. The van der Waals surface area contributed by atoms with Crippen LogP contribution in [0.15, 0.2) is 18.3 Å². The van der Waals surface area contributed by atoms with Crippen molar-refractivity contribution in [2.45, 2.75) is 32.1 Å². The van der Waals surface area contributed by atoms with Crippen LogP contribution in [0, 0.1) is 22.7 Å². The van der Waals surface area contributed by atoms with Crippen molar-refractivity contribution in [3.63, 3.8) is 0 Å². The highest BCUT2D eigenvalue weighted by Crippen LogP contribution is 2.34. The summed E-state index contributed by atoms with van der Waals surface area (Å²) in [5.74, 6) is 0.399. The Kier molecular flexibility index (Phi) is 6.84. The lowest BCUT2D eigenvalue weighted by Crippen LogP contribution is -2.34. The second-order valence-electron chi connectivity index (χ2n) is 6.94. The third-order valence-electron chi connectivity index (χ3n) is 5.00. The molecular formula is C20H18ClF3N6O. The van der Waals surface area contributed by atoms with Crippen LogP contribution in [0.2, 0.25) is 5.15 Å². The van der Waals surface area contributed by atoms with Gasteiger partial charge in [-0.2, -0.15) is 23.7 Å². The fourth-order valence-corrected chi connectivity index (χ4v) is 3.67. The summed E-state index contributed by atoms with van der Waals surface area (Å²) in [6, 6.07) is 7.05. The summed E-state index contributed by atoms with van der Waals surface area (Å²) >= 11 is 6.19. The second kappa shape index (κ2) is 9.38. The summed E-state index contributed by atoms with van der Waals surface area (Å²) in [6.07, 6.45) is -2.35. The molecule has 2 aromatic rings. The van der Waals surface area contributed by atoms with Crippen molar-refractivity contribution in [2.75, 3.05) is 25.0 Å². The lowest BCUT2D eigenvalue weighted by atomic mass is 9.95. The number of aromatic nitrogens is 2. The highest BCUT2D eigenvalue weighted by atomic mass is 35.5. The molecule has 0 fully saturated rings. The van der Waals surface area contributed by atoms with Crippen LogP contribution in [0.3, 0.4) is 0 Å². The van der Waals surface area contributed by atoms with Gasteiger partial charge in [-0.3, -0.25) is 4.90 Å². The van der Waals surface area contributed by atoms with Gasteiger partial charge >= 0.3 is 6.18 Å². The summed E-state index contributed by atoms with van der Waals surface area (Å²) < 4.78 is 41.5. The number of hydrogen-bond donors (Lipinski definition) is 1. The topological polar surface area (TPSA) is 97.9 Å². The van der Waals surface area contributed by atoms with E-state index in [1.54, 1.807) is 6.07 Å². The van der Waals surface area contributed by atoms with E-state index in [0.717, 1.165) is 16.7 Å². The minimum Gasteiger partial charge on any atom is -0.468 e. The molecule has 0 aliphatic carbocycles. The summed E-state index contributed by atoms with van der Waals surface area (Å²) in [4.78, 5) is 10.3. The summed E-state index contributed by atoms with van der Waals surface area (Å²) in [6.45, 7) is 1.69. The molecule has 1 atom stereocenters. The largest absolute Gasteiger partial charge is 0.468 e. The van der Waals surface area contributed by atoms with Gasteiger partial charge in [0.25, 0.3) is 0 Å². The van der Waals surface area contributed by atoms with Crippen molar-refractivity contribution in [3.8, 4) is 18.0 Å². The normalized spacial score (nSPS) is 14.8. The van der Waals surface area contributed by atoms with Crippen molar-refractivity contribution in [3.05, 3.63) is 45.7 Å². The van der Waals surface area contributed by atoms with Crippen molar-refractivity contribution in [1.82, 2.24) is 14.9 Å². The van der Waals surface area contributed by atoms with Crippen LogP contribution in [-0.4, -0.2) is 40.7 Å². The van der Waals surface area contributed by atoms with Crippen LogP contribution in [0.5, 0.6) is 5.88 Å². The first kappa shape index (κ1) is 22.6. The average Bonchev–Trinajstić information content (AvgIpc) is 2.75. The number of hydrogen-bond acceptors (Lipinski definition) is 7. The van der Waals surface area contributed by atoms with Gasteiger partial charge in [0.1, 0.15) is 23.6 Å². The molecule has 2 aromatic heterocycles. The summed E-state index contributed by atoms with van der Waals surface area (Å²) in [7, 11) is 0. The molecule has 7 nitrogen and oxygen atoms in total. The van der Waals surface area contributed by atoms with E-state index in [1.165, 1.54) is 12.3 Å². The molecular weight excluding hydrogens is 433 g/mol. The van der Waals surface area contributed by atoms with Crippen LogP contribution in [0.1, 0.15) is 35.2 Å². The van der Waals surface area contributed by atoms with E-state index < -0.39 is 12.8 Å². The molecule has 0 radical (unpaired) electrons. The molecule has 0 aromatic carbocycles. The molecule has 1 aliphatic heterocycles. The first-order chi connectivity index (χ1) is 14.7. The monoisotopic (exact) mass is 450 g/mol. The molecule has 0 spiro atoms. The Morgan fingerprint density at radius 1 is 1.32 bits per heavy atom. The molecule has 1 aliphatic rings. The number of alkyl halides is 3. The third-order valence-corrected chi connectivity index (χ3v) is 5.27. The van der Waals surface area contributed by atoms with E-state index >= 15 is 0 Å². The Labute approximate surface area is 182 Å². The quantitative estimate of drug-likeness (QED) is 0.524. The average molecular weight is 451 g/mol. The van der Waals surface area contributed by atoms with E-state index in [1.807, 2.05) is 13.0 Å². The number of nitrogens with one attached hydrogen (secondary N) is 1. The van der Waals surface area contributed by atoms with E-state index in [4.69, 9.17) is 16.9 Å². The molecule has 162 valence electrons. The van der Waals surface area contributed by atoms with E-state index in [2.05, 4.69) is 31.0 Å². The molecule has 3 rings (SSSR count). The van der Waals surface area contributed by atoms with Gasteiger partial charge in [-0.25, -0.2) is 9.97 Å². The first-order valence-corrected chi connectivity index (χ1v) is 9.73. The Morgan fingerprint density at radius 3 is 2.71 bits per heavy atom. The number of fused-ring (bicyclic) bond motifs is 1. The molecule has 31 heavy (non-hydrogen) atoms. The van der Waals surface area contributed by atoms with E-state index in [0.29, 0.717) is 30.9 Å². The van der Waals surface area contributed by atoms with Gasteiger partial charge in [0.15, 0.2) is 6.61 Å². The van der Waals surface area contributed by atoms with Crippen molar-refractivity contribution >= 4 is 17.4 Å². The smallest absolute Gasteiger partial charge is 0.422 e. The Balaban J connectivity index is 1.79. The van der Waals surface area contributed by atoms with Gasteiger partial charge < -0.3 is 10.1 Å². The fourth-order valence-electron chi connectivity index (χ4n) is 3.43. The van der Waals surface area contributed by atoms with Crippen molar-refractivity contribution < 1.29 is 17.9 Å². The van der Waals surface area contributed by atoms with Crippen LogP contribution < -0.4 is 10.1 Å². The molecule has 3 heterocycles. The standard InChI is InChI=1S/C20H18ClF3N6O/c1-12(13-2-3-17(28-9-13)31-11-20(22,23)24)30-7-4-14-16(10-30)15(8-26)18(21)29-19(14)27-6-5-25/h2-3,9,12H,4,6-7,10-11H2,1H3,(H,27,29). The van der Waals surface area contributed by atoms with Gasteiger partial charge in [-0.05, 0) is 24.5 Å². The van der Waals surface area contributed by atoms with Gasteiger partial charge in [-0.15, -0.1) is 0 Å². The molecule has 0 saturated heterocycles. The number of halogens is 4. The Morgan fingerprint density at radius 2 is 2.10 bits per heavy atom. The maximum Gasteiger partial charge on any atom is 0.422 e. The van der Waals surface area contributed by atoms with Crippen LogP contribution >= 0.6 is 11.6 Å². The first-order valence-electron chi connectivity index (χ1n) is 9.35. The van der Waals surface area contributed by atoms with Crippen LogP contribution in [-0.2, 0) is 13.0 Å². The number of rotatable bonds is 6.